The minimum atomic E-state index is -0.236. The lowest BCUT2D eigenvalue weighted by molar-refractivity contribution is 0.0679. The van der Waals surface area contributed by atoms with Gasteiger partial charge in [0.25, 0.3) is 5.91 Å². The van der Waals surface area contributed by atoms with Crippen LogP contribution in [0.5, 0.6) is 5.75 Å². The summed E-state index contributed by atoms with van der Waals surface area (Å²) in [4.78, 5) is 12.2. The molecule has 2 aliphatic rings. The largest absolute Gasteiger partial charge is 0.491 e. The molecule has 0 unspecified atom stereocenters. The number of rotatable bonds is 4. The summed E-state index contributed by atoms with van der Waals surface area (Å²) in [6.45, 7) is 1.42. The summed E-state index contributed by atoms with van der Waals surface area (Å²) in [6, 6.07) is 15.3. The SMILES string of the molecule is O=C1N[C@@H](c2ccc(OC[C@@H]3CCCO3)cc2)Nc2ccccc21. The van der Waals surface area contributed by atoms with E-state index in [1.807, 2.05) is 48.5 Å². The van der Waals surface area contributed by atoms with Crippen LogP contribution in [-0.2, 0) is 4.74 Å². The van der Waals surface area contributed by atoms with Crippen molar-refractivity contribution in [3.05, 3.63) is 59.7 Å². The molecule has 124 valence electrons. The fourth-order valence-electron chi connectivity index (χ4n) is 3.10. The predicted molar refractivity (Wildman–Crippen MR) is 91.2 cm³/mol. The Balaban J connectivity index is 1.42. The smallest absolute Gasteiger partial charge is 0.255 e. The van der Waals surface area contributed by atoms with Crippen LogP contribution in [0.2, 0.25) is 0 Å². The summed E-state index contributed by atoms with van der Waals surface area (Å²) in [5.74, 6) is 0.754. The minimum absolute atomic E-state index is 0.0620. The standard InChI is InChI=1S/C19H20N2O3/c22-19-16-5-1-2-6-17(16)20-18(21-19)13-7-9-14(10-8-13)24-12-15-4-3-11-23-15/h1-2,5-10,15,18,20H,3-4,11-12H2,(H,21,22)/t15-,18-/m0/s1. The molecule has 24 heavy (non-hydrogen) atoms. The second-order valence-corrected chi connectivity index (χ2v) is 6.11. The molecule has 5 heteroatoms. The Hall–Kier alpha value is -2.53. The van der Waals surface area contributed by atoms with Crippen molar-refractivity contribution < 1.29 is 14.3 Å². The molecule has 1 saturated heterocycles. The lowest BCUT2D eigenvalue weighted by Crippen LogP contribution is -2.38. The highest BCUT2D eigenvalue weighted by molar-refractivity contribution is 6.01. The van der Waals surface area contributed by atoms with Crippen LogP contribution in [0.15, 0.2) is 48.5 Å². The van der Waals surface area contributed by atoms with E-state index in [1.54, 1.807) is 0 Å². The van der Waals surface area contributed by atoms with Gasteiger partial charge in [-0.2, -0.15) is 0 Å². The maximum Gasteiger partial charge on any atom is 0.255 e. The van der Waals surface area contributed by atoms with E-state index in [0.717, 1.165) is 36.4 Å². The van der Waals surface area contributed by atoms with Gasteiger partial charge in [-0.3, -0.25) is 4.79 Å². The molecule has 2 aromatic rings. The molecule has 2 aliphatic heterocycles. The van der Waals surface area contributed by atoms with Crippen molar-refractivity contribution in [2.24, 2.45) is 0 Å². The number of carbonyl (C=O) groups is 1. The fourth-order valence-corrected chi connectivity index (χ4v) is 3.10. The molecule has 0 aromatic heterocycles. The van der Waals surface area contributed by atoms with Crippen molar-refractivity contribution in [3.8, 4) is 5.75 Å². The Bertz CT molecular complexity index is 724. The Labute approximate surface area is 141 Å². The predicted octanol–water partition coefficient (Wildman–Crippen LogP) is 3.10. The van der Waals surface area contributed by atoms with Gasteiger partial charge in [-0.05, 0) is 42.7 Å². The maximum absolute atomic E-state index is 12.2. The highest BCUT2D eigenvalue weighted by atomic mass is 16.5. The Morgan fingerprint density at radius 3 is 2.71 bits per heavy atom. The quantitative estimate of drug-likeness (QED) is 0.907. The molecule has 2 N–H and O–H groups in total. The van der Waals surface area contributed by atoms with Gasteiger partial charge in [-0.1, -0.05) is 24.3 Å². The van der Waals surface area contributed by atoms with Crippen LogP contribution in [0.1, 0.15) is 34.9 Å². The van der Waals surface area contributed by atoms with E-state index >= 15 is 0 Å². The van der Waals surface area contributed by atoms with Gasteiger partial charge in [0.05, 0.1) is 11.7 Å². The number of fused-ring (bicyclic) bond motifs is 1. The summed E-state index contributed by atoms with van der Waals surface area (Å²) in [6.07, 6.45) is 2.15. The molecule has 2 aromatic carbocycles. The molecule has 2 atom stereocenters. The first kappa shape index (κ1) is 15.0. The lowest BCUT2D eigenvalue weighted by Gasteiger charge is -2.28. The molecule has 0 spiro atoms. The normalized spacial score (nSPS) is 22.4. The Kier molecular flexibility index (Phi) is 4.09. The van der Waals surface area contributed by atoms with E-state index in [9.17, 15) is 4.79 Å². The summed E-state index contributed by atoms with van der Waals surface area (Å²) < 4.78 is 11.3. The third-order valence-electron chi connectivity index (χ3n) is 4.42. The van der Waals surface area contributed by atoms with Gasteiger partial charge in [-0.15, -0.1) is 0 Å². The van der Waals surface area contributed by atoms with Gasteiger partial charge < -0.3 is 20.1 Å². The number of amides is 1. The minimum Gasteiger partial charge on any atom is -0.491 e. The molecule has 0 bridgehead atoms. The van der Waals surface area contributed by atoms with Gasteiger partial charge in [-0.25, -0.2) is 0 Å². The number of carbonyl (C=O) groups excluding carboxylic acids is 1. The van der Waals surface area contributed by atoms with E-state index in [4.69, 9.17) is 9.47 Å². The highest BCUT2D eigenvalue weighted by Crippen LogP contribution is 2.27. The third-order valence-corrected chi connectivity index (χ3v) is 4.42. The van der Waals surface area contributed by atoms with E-state index in [2.05, 4.69) is 10.6 Å². The van der Waals surface area contributed by atoms with E-state index in [1.165, 1.54) is 0 Å². The molecular weight excluding hydrogens is 304 g/mol. The molecular formula is C19H20N2O3. The van der Waals surface area contributed by atoms with Crippen LogP contribution in [0.4, 0.5) is 5.69 Å². The number of anilines is 1. The summed E-state index contributed by atoms with van der Waals surface area (Å²) >= 11 is 0. The highest BCUT2D eigenvalue weighted by Gasteiger charge is 2.24. The first-order chi connectivity index (χ1) is 11.8. The van der Waals surface area contributed by atoms with Gasteiger partial charge in [0.1, 0.15) is 18.5 Å². The van der Waals surface area contributed by atoms with Crippen LogP contribution in [0, 0.1) is 0 Å². The number of nitrogens with one attached hydrogen (secondary N) is 2. The van der Waals surface area contributed by atoms with Crippen LogP contribution in [0.25, 0.3) is 0 Å². The van der Waals surface area contributed by atoms with Crippen molar-refractivity contribution in [3.63, 3.8) is 0 Å². The first-order valence-electron chi connectivity index (χ1n) is 8.30. The number of ether oxygens (including phenoxy) is 2. The fraction of sp³-hybridized carbons (Fsp3) is 0.316. The molecule has 0 saturated carbocycles. The number of para-hydroxylation sites is 1. The maximum atomic E-state index is 12.2. The summed E-state index contributed by atoms with van der Waals surface area (Å²) in [5.41, 5.74) is 2.51. The van der Waals surface area contributed by atoms with Crippen LogP contribution >= 0.6 is 0 Å². The van der Waals surface area contributed by atoms with Crippen LogP contribution < -0.4 is 15.4 Å². The first-order valence-corrected chi connectivity index (χ1v) is 8.30. The van der Waals surface area contributed by atoms with E-state index < -0.39 is 0 Å². The zero-order valence-corrected chi connectivity index (χ0v) is 13.3. The number of benzene rings is 2. The van der Waals surface area contributed by atoms with Gasteiger partial charge in [0.2, 0.25) is 0 Å². The van der Waals surface area contributed by atoms with Crippen LogP contribution in [-0.4, -0.2) is 25.2 Å². The van der Waals surface area contributed by atoms with E-state index in [-0.39, 0.29) is 18.2 Å². The van der Waals surface area contributed by atoms with Crippen molar-refractivity contribution in [1.29, 1.82) is 0 Å². The Morgan fingerprint density at radius 2 is 1.92 bits per heavy atom. The summed E-state index contributed by atoms with van der Waals surface area (Å²) in [7, 11) is 0. The lowest BCUT2D eigenvalue weighted by atomic mass is 10.1. The van der Waals surface area contributed by atoms with Gasteiger partial charge in [0.15, 0.2) is 0 Å². The van der Waals surface area contributed by atoms with Crippen molar-refractivity contribution in [1.82, 2.24) is 5.32 Å². The summed E-state index contributed by atoms with van der Waals surface area (Å²) in [5, 5.41) is 6.32. The molecule has 5 nitrogen and oxygen atoms in total. The van der Waals surface area contributed by atoms with Crippen molar-refractivity contribution in [2.45, 2.75) is 25.1 Å². The molecule has 2 heterocycles. The zero-order valence-electron chi connectivity index (χ0n) is 13.3. The number of hydrogen-bond acceptors (Lipinski definition) is 4. The third kappa shape index (κ3) is 3.08. The molecule has 0 radical (unpaired) electrons. The van der Waals surface area contributed by atoms with E-state index in [0.29, 0.717) is 12.2 Å². The topological polar surface area (TPSA) is 59.6 Å². The average Bonchev–Trinajstić information content (AvgIpc) is 3.14. The van der Waals surface area contributed by atoms with Crippen molar-refractivity contribution >= 4 is 11.6 Å². The molecule has 1 amide bonds. The van der Waals surface area contributed by atoms with Gasteiger partial charge >= 0.3 is 0 Å². The van der Waals surface area contributed by atoms with Crippen molar-refractivity contribution in [2.75, 3.05) is 18.5 Å². The molecule has 0 aliphatic carbocycles. The average molecular weight is 324 g/mol. The second-order valence-electron chi connectivity index (χ2n) is 6.11. The monoisotopic (exact) mass is 324 g/mol. The van der Waals surface area contributed by atoms with Gasteiger partial charge in [0, 0.05) is 12.3 Å². The van der Waals surface area contributed by atoms with Crippen LogP contribution in [0.3, 0.4) is 0 Å². The number of hydrogen-bond donors (Lipinski definition) is 2. The second kappa shape index (κ2) is 6.53. The zero-order chi connectivity index (χ0) is 16.4. The molecule has 1 fully saturated rings. The Morgan fingerprint density at radius 1 is 1.08 bits per heavy atom. The molecule has 4 rings (SSSR count).